The summed E-state index contributed by atoms with van der Waals surface area (Å²) in [5, 5.41) is 15.9. The van der Waals surface area contributed by atoms with Crippen LogP contribution >= 0.6 is 23.4 Å². The Bertz CT molecular complexity index is 2170. The molecule has 5 aromatic carbocycles. The molecule has 0 aromatic heterocycles. The van der Waals surface area contributed by atoms with Gasteiger partial charge in [0, 0.05) is 71.8 Å². The first kappa shape index (κ1) is 38.8. The molecular formula is C40H41ClN6O5S2. The number of piperazine rings is 1. The number of anilines is 2. The van der Waals surface area contributed by atoms with Crippen LogP contribution in [-0.4, -0.2) is 68.7 Å². The number of amides is 1. The third-order valence-corrected chi connectivity index (χ3v) is 12.0. The van der Waals surface area contributed by atoms with Crippen LogP contribution in [0, 0.1) is 10.1 Å². The number of sulfonamides is 1. The van der Waals surface area contributed by atoms with Gasteiger partial charge in [0.05, 0.1) is 9.82 Å². The van der Waals surface area contributed by atoms with Crippen LogP contribution in [0.1, 0.15) is 22.3 Å². The van der Waals surface area contributed by atoms with E-state index in [1.54, 1.807) is 36.0 Å². The Morgan fingerprint density at radius 2 is 1.57 bits per heavy atom. The van der Waals surface area contributed by atoms with E-state index in [2.05, 4.69) is 38.0 Å². The third-order valence-electron chi connectivity index (χ3n) is 9.21. The summed E-state index contributed by atoms with van der Waals surface area (Å²) < 4.78 is 28.6. The highest BCUT2D eigenvalue weighted by Crippen LogP contribution is 2.31. The van der Waals surface area contributed by atoms with E-state index < -0.39 is 31.4 Å². The van der Waals surface area contributed by atoms with E-state index in [1.807, 2.05) is 60.7 Å². The predicted octanol–water partition coefficient (Wildman–Crippen LogP) is 7.28. The van der Waals surface area contributed by atoms with E-state index in [0.717, 1.165) is 54.9 Å². The predicted molar refractivity (Wildman–Crippen MR) is 217 cm³/mol. The van der Waals surface area contributed by atoms with Crippen molar-refractivity contribution in [1.82, 2.24) is 9.62 Å². The molecule has 4 N–H and O–H groups in total. The summed E-state index contributed by atoms with van der Waals surface area (Å²) in [4.78, 5) is 29.8. The monoisotopic (exact) mass is 784 g/mol. The number of thioether (sulfide) groups is 1. The van der Waals surface area contributed by atoms with Gasteiger partial charge in [0.2, 0.25) is 0 Å². The van der Waals surface area contributed by atoms with Crippen LogP contribution in [0.25, 0.3) is 11.1 Å². The maximum atomic E-state index is 13.3. The molecule has 1 atom stereocenters. The zero-order valence-corrected chi connectivity index (χ0v) is 31.8. The number of nitro groups is 1. The minimum atomic E-state index is -4.43. The highest BCUT2D eigenvalue weighted by molar-refractivity contribution is 7.99. The molecule has 6 rings (SSSR count). The van der Waals surface area contributed by atoms with Crippen molar-refractivity contribution < 1.29 is 18.1 Å². The number of hydrogen-bond donors (Lipinski definition) is 3. The number of halogens is 1. The van der Waals surface area contributed by atoms with E-state index >= 15 is 0 Å². The second kappa shape index (κ2) is 17.9. The Morgan fingerprint density at radius 3 is 2.26 bits per heavy atom. The van der Waals surface area contributed by atoms with Crippen molar-refractivity contribution in [1.29, 1.82) is 0 Å². The van der Waals surface area contributed by atoms with Gasteiger partial charge in [-0.3, -0.25) is 19.8 Å². The molecule has 5 aromatic rings. The average molecular weight is 785 g/mol. The van der Waals surface area contributed by atoms with E-state index in [1.165, 1.54) is 23.3 Å². The Hall–Kier alpha value is -4.92. The van der Waals surface area contributed by atoms with Crippen LogP contribution in [-0.2, 0) is 16.6 Å². The Kier molecular flexibility index (Phi) is 12.9. The lowest BCUT2D eigenvalue weighted by atomic mass is 9.99. The quantitative estimate of drug-likeness (QED) is 0.0562. The summed E-state index contributed by atoms with van der Waals surface area (Å²) in [6.45, 7) is 4.42. The fourth-order valence-corrected chi connectivity index (χ4v) is 8.43. The molecule has 14 heteroatoms. The zero-order chi connectivity index (χ0) is 38.1. The number of nitro benzene ring substituents is 1. The summed E-state index contributed by atoms with van der Waals surface area (Å²) >= 11 is 7.69. The summed E-state index contributed by atoms with van der Waals surface area (Å²) in [6.07, 6.45) is 0.545. The van der Waals surface area contributed by atoms with E-state index in [9.17, 15) is 23.3 Å². The van der Waals surface area contributed by atoms with E-state index in [0.29, 0.717) is 23.7 Å². The number of carbonyl (C=O) groups is 1. The molecule has 11 nitrogen and oxygen atoms in total. The maximum Gasteiger partial charge on any atom is 0.293 e. The lowest BCUT2D eigenvalue weighted by molar-refractivity contribution is -0.384. The number of hydrogen-bond acceptors (Lipinski definition) is 10. The van der Waals surface area contributed by atoms with E-state index in [4.69, 9.17) is 17.3 Å². The molecule has 1 fully saturated rings. The Labute approximate surface area is 324 Å². The van der Waals surface area contributed by atoms with Crippen molar-refractivity contribution in [3.63, 3.8) is 0 Å². The molecule has 0 aliphatic carbocycles. The number of nitrogens with zero attached hydrogens (tertiary/aromatic N) is 3. The normalized spacial score (nSPS) is 14.0. The van der Waals surface area contributed by atoms with Crippen molar-refractivity contribution in [2.75, 3.05) is 48.7 Å². The second-order valence-corrected chi connectivity index (χ2v) is 16.1. The number of rotatable bonds is 15. The highest BCUT2D eigenvalue weighted by Gasteiger charge is 2.26. The first-order chi connectivity index (χ1) is 26.1. The molecule has 0 spiro atoms. The summed E-state index contributed by atoms with van der Waals surface area (Å²) in [5.41, 5.74) is 10.2. The van der Waals surface area contributed by atoms with Gasteiger partial charge in [-0.05, 0) is 90.3 Å². The molecule has 0 radical (unpaired) electrons. The van der Waals surface area contributed by atoms with Crippen LogP contribution in [0.3, 0.4) is 0 Å². The largest absolute Gasteiger partial charge is 0.376 e. The summed E-state index contributed by atoms with van der Waals surface area (Å²) in [6, 6.07) is 36.1. The molecule has 0 unspecified atom stereocenters. The van der Waals surface area contributed by atoms with Gasteiger partial charge in [0.1, 0.15) is 5.69 Å². The van der Waals surface area contributed by atoms with Crippen molar-refractivity contribution in [2.24, 2.45) is 5.73 Å². The van der Waals surface area contributed by atoms with Crippen molar-refractivity contribution >= 4 is 56.4 Å². The minimum Gasteiger partial charge on any atom is -0.376 e. The summed E-state index contributed by atoms with van der Waals surface area (Å²) in [7, 11) is -4.43. The topological polar surface area (TPSA) is 151 Å². The van der Waals surface area contributed by atoms with Crippen LogP contribution in [0.4, 0.5) is 17.1 Å². The molecule has 1 saturated heterocycles. The highest BCUT2D eigenvalue weighted by atomic mass is 35.5. The molecular weight excluding hydrogens is 744 g/mol. The zero-order valence-electron chi connectivity index (χ0n) is 29.4. The maximum absolute atomic E-state index is 13.3. The Balaban J connectivity index is 1.05. The van der Waals surface area contributed by atoms with Crippen molar-refractivity contribution in [3.05, 3.63) is 148 Å². The van der Waals surface area contributed by atoms with Crippen molar-refractivity contribution in [3.8, 4) is 11.1 Å². The van der Waals surface area contributed by atoms with Crippen molar-refractivity contribution in [2.45, 2.75) is 28.8 Å². The Morgan fingerprint density at radius 1 is 0.889 bits per heavy atom. The fourth-order valence-electron chi connectivity index (χ4n) is 6.32. The lowest BCUT2D eigenvalue weighted by Gasteiger charge is -2.36. The smallest absolute Gasteiger partial charge is 0.293 e. The molecule has 1 aliphatic rings. The first-order valence-electron chi connectivity index (χ1n) is 17.5. The van der Waals surface area contributed by atoms with Gasteiger partial charge in [-0.25, -0.2) is 13.1 Å². The van der Waals surface area contributed by atoms with Gasteiger partial charge < -0.3 is 16.0 Å². The molecule has 0 saturated carbocycles. The van der Waals surface area contributed by atoms with Gasteiger partial charge >= 0.3 is 0 Å². The third kappa shape index (κ3) is 9.98. The average Bonchev–Trinajstić information content (AvgIpc) is 3.18. The van der Waals surface area contributed by atoms with Crippen LogP contribution in [0.15, 0.2) is 131 Å². The molecule has 1 amide bonds. The molecule has 54 heavy (non-hydrogen) atoms. The molecule has 1 aliphatic heterocycles. The van der Waals surface area contributed by atoms with Gasteiger partial charge in [0.15, 0.2) is 0 Å². The fraction of sp³-hybridized carbons (Fsp3) is 0.225. The molecule has 1 heterocycles. The SMILES string of the molecule is NCC[C@H](CSc1ccccc1)Nc1ccc(S(=O)(=O)NC(=O)c2ccc(N3CCN(Cc4ccccc4-c4ccc(Cl)cc4)CC3)cc2)cc1[N+](=O)[O-]. The lowest BCUT2D eigenvalue weighted by Crippen LogP contribution is -2.46. The number of nitrogens with one attached hydrogen (secondary N) is 2. The van der Waals surface area contributed by atoms with E-state index in [-0.39, 0.29) is 17.3 Å². The molecule has 280 valence electrons. The van der Waals surface area contributed by atoms with Crippen LogP contribution < -0.4 is 20.7 Å². The number of carbonyl (C=O) groups excluding carboxylic acids is 1. The minimum absolute atomic E-state index is 0.146. The number of benzene rings is 5. The van der Waals surface area contributed by atoms with Gasteiger partial charge in [-0.2, -0.15) is 0 Å². The van der Waals surface area contributed by atoms with Crippen LogP contribution in [0.5, 0.6) is 0 Å². The van der Waals surface area contributed by atoms with Gasteiger partial charge in [-0.15, -0.1) is 11.8 Å². The first-order valence-corrected chi connectivity index (χ1v) is 20.4. The second-order valence-electron chi connectivity index (χ2n) is 12.9. The standard InChI is InChI=1S/C40H41ClN6O5S2/c41-32-14-10-29(11-15-32)37-9-5-4-6-31(37)27-45-22-24-46(25-23-45)34-16-12-30(13-17-34)40(48)44-54(51,52)36-18-19-38(39(26-36)47(49)50)43-33(20-21-42)28-53-35-7-2-1-3-8-35/h1-19,26,33,43H,20-25,27-28,42H2,(H,44,48)/t33-/m1/s1. The van der Waals surface area contributed by atoms with Gasteiger partial charge in [0.25, 0.3) is 21.6 Å². The number of nitrogens with two attached hydrogens (primary N) is 1. The molecule has 0 bridgehead atoms. The summed E-state index contributed by atoms with van der Waals surface area (Å²) in [5.74, 6) is -0.249. The van der Waals surface area contributed by atoms with Gasteiger partial charge in [-0.1, -0.05) is 66.2 Å². The van der Waals surface area contributed by atoms with Crippen LogP contribution in [0.2, 0.25) is 5.02 Å².